The van der Waals surface area contributed by atoms with E-state index in [1.165, 1.54) is 18.4 Å². The maximum Gasteiger partial charge on any atom is 0.341 e. The van der Waals surface area contributed by atoms with Gasteiger partial charge in [0.1, 0.15) is 22.1 Å². The normalized spacial score (nSPS) is 10.4. The fourth-order valence-electron chi connectivity index (χ4n) is 1.47. The van der Waals surface area contributed by atoms with Crippen LogP contribution in [0.1, 0.15) is 26.9 Å². The van der Waals surface area contributed by atoms with Gasteiger partial charge in [0.25, 0.3) is 0 Å². The highest BCUT2D eigenvalue weighted by Gasteiger charge is 2.15. The number of carbonyl (C=O) groups is 1. The van der Waals surface area contributed by atoms with Crippen LogP contribution in [-0.4, -0.2) is 23.3 Å². The minimum Gasteiger partial charge on any atom is -0.465 e. The Morgan fingerprint density at radius 3 is 2.89 bits per heavy atom. The number of rotatable bonds is 4. The molecule has 0 atom stereocenters. The number of aryl methyl sites for hydroxylation is 2. The summed E-state index contributed by atoms with van der Waals surface area (Å²) in [4.78, 5) is 11.4. The van der Waals surface area contributed by atoms with Crippen LogP contribution in [0, 0.1) is 13.8 Å². The molecule has 0 aromatic carbocycles. The second kappa shape index (κ2) is 5.18. The lowest BCUT2D eigenvalue weighted by atomic mass is 10.2. The molecule has 2 rings (SSSR count). The highest BCUT2D eigenvalue weighted by atomic mass is 32.1. The van der Waals surface area contributed by atoms with Crippen molar-refractivity contribution in [1.82, 2.24) is 10.2 Å². The molecule has 2 aromatic heterocycles. The predicted molar refractivity (Wildman–Crippen MR) is 66.8 cm³/mol. The van der Waals surface area contributed by atoms with Gasteiger partial charge in [-0.3, -0.25) is 0 Å². The van der Waals surface area contributed by atoms with E-state index < -0.39 is 5.97 Å². The van der Waals surface area contributed by atoms with Gasteiger partial charge in [0.15, 0.2) is 0 Å². The van der Waals surface area contributed by atoms with Gasteiger partial charge in [0.2, 0.25) is 5.13 Å². The summed E-state index contributed by atoms with van der Waals surface area (Å²) in [7, 11) is 1.34. The van der Waals surface area contributed by atoms with Crippen LogP contribution in [0.25, 0.3) is 0 Å². The summed E-state index contributed by atoms with van der Waals surface area (Å²) in [5.41, 5.74) is 0.447. The van der Waals surface area contributed by atoms with Gasteiger partial charge in [-0.05, 0) is 19.9 Å². The molecule has 96 valence electrons. The summed E-state index contributed by atoms with van der Waals surface area (Å²) in [5.74, 6) is 0.808. The van der Waals surface area contributed by atoms with Crippen molar-refractivity contribution >= 4 is 22.4 Å². The minimum atomic E-state index is -0.394. The minimum absolute atomic E-state index is 0.394. The number of ether oxygens (including phenoxy) is 1. The molecule has 0 aliphatic heterocycles. The number of hydrogen-bond donors (Lipinski definition) is 1. The molecule has 0 radical (unpaired) electrons. The second-order valence-corrected chi connectivity index (χ2v) is 4.84. The SMILES string of the molecule is COC(=O)c1cc(CNc2nnc(C)s2)oc1C. The predicted octanol–water partition coefficient (Wildman–Crippen LogP) is 2.15. The van der Waals surface area contributed by atoms with E-state index in [9.17, 15) is 4.79 Å². The van der Waals surface area contributed by atoms with Crippen molar-refractivity contribution < 1.29 is 13.9 Å². The van der Waals surface area contributed by atoms with Crippen molar-refractivity contribution in [3.63, 3.8) is 0 Å². The first-order valence-corrected chi connectivity index (χ1v) is 6.13. The Hall–Kier alpha value is -1.89. The van der Waals surface area contributed by atoms with Crippen LogP contribution in [0.15, 0.2) is 10.5 Å². The summed E-state index contributed by atoms with van der Waals surface area (Å²) in [6.45, 7) is 4.06. The van der Waals surface area contributed by atoms with E-state index in [0.29, 0.717) is 23.6 Å². The van der Waals surface area contributed by atoms with Crippen molar-refractivity contribution in [3.05, 3.63) is 28.2 Å². The number of esters is 1. The van der Waals surface area contributed by atoms with Gasteiger partial charge in [-0.2, -0.15) is 0 Å². The largest absolute Gasteiger partial charge is 0.465 e. The smallest absolute Gasteiger partial charge is 0.341 e. The molecule has 0 amide bonds. The zero-order valence-corrected chi connectivity index (χ0v) is 11.1. The molecule has 0 saturated carbocycles. The van der Waals surface area contributed by atoms with Crippen LogP contribution in [0.2, 0.25) is 0 Å². The molecule has 18 heavy (non-hydrogen) atoms. The van der Waals surface area contributed by atoms with E-state index in [0.717, 1.165) is 10.1 Å². The summed E-state index contributed by atoms with van der Waals surface area (Å²) in [6.07, 6.45) is 0. The van der Waals surface area contributed by atoms with Gasteiger partial charge in [-0.25, -0.2) is 4.79 Å². The maximum absolute atomic E-state index is 11.4. The van der Waals surface area contributed by atoms with E-state index >= 15 is 0 Å². The van der Waals surface area contributed by atoms with Gasteiger partial charge in [0, 0.05) is 0 Å². The molecule has 0 saturated heterocycles. The molecule has 6 nitrogen and oxygen atoms in total. The number of aromatic nitrogens is 2. The number of anilines is 1. The fraction of sp³-hybridized carbons (Fsp3) is 0.364. The lowest BCUT2D eigenvalue weighted by Gasteiger charge is -1.96. The molecular weight excluding hydrogens is 254 g/mol. The lowest BCUT2D eigenvalue weighted by Crippen LogP contribution is -2.01. The average molecular weight is 267 g/mol. The third-order valence-electron chi connectivity index (χ3n) is 2.31. The van der Waals surface area contributed by atoms with Gasteiger partial charge in [-0.1, -0.05) is 11.3 Å². The zero-order chi connectivity index (χ0) is 13.1. The molecule has 0 fully saturated rings. The monoisotopic (exact) mass is 267 g/mol. The maximum atomic E-state index is 11.4. The first-order chi connectivity index (χ1) is 8.60. The van der Waals surface area contributed by atoms with Crippen LogP contribution in [0.3, 0.4) is 0 Å². The Labute approximate surface area is 108 Å². The number of nitrogens with one attached hydrogen (secondary N) is 1. The number of methoxy groups -OCH3 is 1. The van der Waals surface area contributed by atoms with Crippen LogP contribution < -0.4 is 5.32 Å². The highest BCUT2D eigenvalue weighted by Crippen LogP contribution is 2.18. The molecule has 0 bridgehead atoms. The summed E-state index contributed by atoms with van der Waals surface area (Å²) < 4.78 is 10.1. The van der Waals surface area contributed by atoms with Gasteiger partial charge in [0.05, 0.1) is 13.7 Å². The summed E-state index contributed by atoms with van der Waals surface area (Å²) in [6, 6.07) is 1.67. The molecule has 0 spiro atoms. The Morgan fingerprint density at radius 1 is 1.50 bits per heavy atom. The average Bonchev–Trinajstić information content (AvgIpc) is 2.92. The first-order valence-electron chi connectivity index (χ1n) is 5.31. The molecule has 2 heterocycles. The third kappa shape index (κ3) is 2.67. The molecule has 7 heteroatoms. The van der Waals surface area contributed by atoms with E-state index in [1.807, 2.05) is 6.92 Å². The molecule has 2 aromatic rings. The van der Waals surface area contributed by atoms with E-state index in [-0.39, 0.29) is 0 Å². The van der Waals surface area contributed by atoms with Gasteiger partial charge in [-0.15, -0.1) is 10.2 Å². The third-order valence-corrected chi connectivity index (χ3v) is 3.11. The van der Waals surface area contributed by atoms with Crippen LogP contribution >= 0.6 is 11.3 Å². The highest BCUT2D eigenvalue weighted by molar-refractivity contribution is 7.15. The van der Waals surface area contributed by atoms with Crippen LogP contribution in [0.4, 0.5) is 5.13 Å². The quantitative estimate of drug-likeness (QED) is 0.855. The first kappa shape index (κ1) is 12.6. The van der Waals surface area contributed by atoms with E-state index in [1.54, 1.807) is 13.0 Å². The van der Waals surface area contributed by atoms with Crippen molar-refractivity contribution in [2.75, 3.05) is 12.4 Å². The van der Waals surface area contributed by atoms with E-state index in [4.69, 9.17) is 4.42 Å². The standard InChI is InChI=1S/C11H13N3O3S/c1-6-9(10(15)16-3)4-8(17-6)5-12-11-14-13-7(2)18-11/h4H,5H2,1-3H3,(H,12,14). The van der Waals surface area contributed by atoms with Crippen LogP contribution in [-0.2, 0) is 11.3 Å². The summed E-state index contributed by atoms with van der Waals surface area (Å²) >= 11 is 1.46. The Kier molecular flexibility index (Phi) is 3.61. The van der Waals surface area contributed by atoms with Crippen molar-refractivity contribution in [3.8, 4) is 0 Å². The Morgan fingerprint density at radius 2 is 2.28 bits per heavy atom. The molecule has 0 aliphatic carbocycles. The fourth-order valence-corrected chi connectivity index (χ4v) is 2.06. The molecular formula is C11H13N3O3S. The number of carbonyl (C=O) groups excluding carboxylic acids is 1. The number of hydrogen-bond acceptors (Lipinski definition) is 7. The van der Waals surface area contributed by atoms with Gasteiger partial charge < -0.3 is 14.5 Å². The van der Waals surface area contributed by atoms with Crippen molar-refractivity contribution in [2.45, 2.75) is 20.4 Å². The van der Waals surface area contributed by atoms with E-state index in [2.05, 4.69) is 20.3 Å². The Bertz CT molecular complexity index is 562. The second-order valence-electron chi connectivity index (χ2n) is 3.65. The number of furan rings is 1. The van der Waals surface area contributed by atoms with Crippen molar-refractivity contribution in [2.24, 2.45) is 0 Å². The molecule has 0 aliphatic rings. The van der Waals surface area contributed by atoms with Crippen molar-refractivity contribution in [1.29, 1.82) is 0 Å². The Balaban J connectivity index is 2.04. The molecule has 1 N–H and O–H groups in total. The molecule has 0 unspecified atom stereocenters. The number of nitrogens with zero attached hydrogens (tertiary/aromatic N) is 2. The zero-order valence-electron chi connectivity index (χ0n) is 10.3. The van der Waals surface area contributed by atoms with Crippen LogP contribution in [0.5, 0.6) is 0 Å². The van der Waals surface area contributed by atoms with Gasteiger partial charge >= 0.3 is 5.97 Å². The topological polar surface area (TPSA) is 77.2 Å². The lowest BCUT2D eigenvalue weighted by molar-refractivity contribution is 0.0599. The summed E-state index contributed by atoms with van der Waals surface area (Å²) in [5, 5.41) is 12.5.